The van der Waals surface area contributed by atoms with E-state index in [1.165, 1.54) is 5.56 Å². The molecule has 1 aromatic rings. The summed E-state index contributed by atoms with van der Waals surface area (Å²) in [5, 5.41) is 11.9. The Balaban J connectivity index is 1.71. The van der Waals surface area contributed by atoms with E-state index in [4.69, 9.17) is 9.84 Å². The SMILES string of the molecule is CCc1ccc(OCC(=O)NC2CC(O)C2)cc1. The van der Waals surface area contributed by atoms with Gasteiger partial charge in [0.25, 0.3) is 5.91 Å². The molecule has 0 atom stereocenters. The maximum absolute atomic E-state index is 11.5. The molecular weight excluding hydrogens is 230 g/mol. The third-order valence-electron chi connectivity index (χ3n) is 3.18. The van der Waals surface area contributed by atoms with Crippen molar-refractivity contribution in [2.45, 2.75) is 38.3 Å². The van der Waals surface area contributed by atoms with Gasteiger partial charge in [-0.15, -0.1) is 0 Å². The van der Waals surface area contributed by atoms with Crippen LogP contribution < -0.4 is 10.1 Å². The third kappa shape index (κ3) is 3.47. The molecule has 0 radical (unpaired) electrons. The predicted molar refractivity (Wildman–Crippen MR) is 68.5 cm³/mol. The average molecular weight is 249 g/mol. The van der Waals surface area contributed by atoms with Crippen molar-refractivity contribution in [2.75, 3.05) is 6.61 Å². The standard InChI is InChI=1S/C14H19NO3/c1-2-10-3-5-13(6-4-10)18-9-14(17)15-11-7-12(16)8-11/h3-6,11-12,16H,2,7-9H2,1H3,(H,15,17). The van der Waals surface area contributed by atoms with Gasteiger partial charge in [0.05, 0.1) is 6.10 Å². The fourth-order valence-corrected chi connectivity index (χ4v) is 1.95. The first kappa shape index (κ1) is 12.9. The molecule has 1 aromatic carbocycles. The van der Waals surface area contributed by atoms with Crippen LogP contribution in [-0.4, -0.2) is 29.8 Å². The largest absolute Gasteiger partial charge is 0.484 e. The highest BCUT2D eigenvalue weighted by atomic mass is 16.5. The minimum atomic E-state index is -0.252. The summed E-state index contributed by atoms with van der Waals surface area (Å²) < 4.78 is 5.39. The molecule has 1 fully saturated rings. The van der Waals surface area contributed by atoms with Gasteiger partial charge in [-0.3, -0.25) is 4.79 Å². The zero-order valence-electron chi connectivity index (χ0n) is 10.6. The maximum Gasteiger partial charge on any atom is 0.258 e. The highest BCUT2D eigenvalue weighted by Crippen LogP contribution is 2.19. The number of carbonyl (C=O) groups excluding carboxylic acids is 1. The fraction of sp³-hybridized carbons (Fsp3) is 0.500. The van der Waals surface area contributed by atoms with Crippen LogP contribution in [0.4, 0.5) is 0 Å². The smallest absolute Gasteiger partial charge is 0.258 e. The zero-order valence-corrected chi connectivity index (χ0v) is 10.6. The zero-order chi connectivity index (χ0) is 13.0. The number of carbonyl (C=O) groups is 1. The van der Waals surface area contributed by atoms with Crippen molar-refractivity contribution in [3.8, 4) is 5.75 Å². The van der Waals surface area contributed by atoms with Crippen LogP contribution in [0.25, 0.3) is 0 Å². The van der Waals surface area contributed by atoms with Crippen LogP contribution in [-0.2, 0) is 11.2 Å². The second-order valence-electron chi connectivity index (χ2n) is 4.68. The van der Waals surface area contributed by atoms with Crippen LogP contribution in [0.2, 0.25) is 0 Å². The van der Waals surface area contributed by atoms with Gasteiger partial charge in [-0.2, -0.15) is 0 Å². The first-order chi connectivity index (χ1) is 8.67. The van der Waals surface area contributed by atoms with E-state index < -0.39 is 0 Å². The summed E-state index contributed by atoms with van der Waals surface area (Å²) in [7, 11) is 0. The molecule has 98 valence electrons. The molecule has 0 saturated heterocycles. The number of amides is 1. The Labute approximate surface area is 107 Å². The lowest BCUT2D eigenvalue weighted by Crippen LogP contribution is -2.48. The van der Waals surface area contributed by atoms with E-state index in [9.17, 15) is 4.79 Å². The van der Waals surface area contributed by atoms with Crippen molar-refractivity contribution in [2.24, 2.45) is 0 Å². The first-order valence-electron chi connectivity index (χ1n) is 6.36. The molecular formula is C14H19NO3. The van der Waals surface area contributed by atoms with E-state index in [2.05, 4.69) is 12.2 Å². The van der Waals surface area contributed by atoms with Gasteiger partial charge in [-0.25, -0.2) is 0 Å². The first-order valence-corrected chi connectivity index (χ1v) is 6.36. The molecule has 4 nitrogen and oxygen atoms in total. The Kier molecular flexibility index (Phi) is 4.20. The molecule has 2 rings (SSSR count). The molecule has 0 unspecified atom stereocenters. The minimum Gasteiger partial charge on any atom is -0.484 e. The topological polar surface area (TPSA) is 58.6 Å². The van der Waals surface area contributed by atoms with Gasteiger partial charge in [0.15, 0.2) is 6.61 Å². The second-order valence-corrected chi connectivity index (χ2v) is 4.68. The lowest BCUT2D eigenvalue weighted by molar-refractivity contribution is -0.125. The van der Waals surface area contributed by atoms with Crippen molar-refractivity contribution < 1.29 is 14.6 Å². The highest BCUT2D eigenvalue weighted by molar-refractivity contribution is 5.78. The molecule has 2 N–H and O–H groups in total. The molecule has 0 heterocycles. The summed E-state index contributed by atoms with van der Waals surface area (Å²) in [5.74, 6) is 0.572. The number of benzene rings is 1. The van der Waals surface area contributed by atoms with Gasteiger partial charge in [0.1, 0.15) is 5.75 Å². The summed E-state index contributed by atoms with van der Waals surface area (Å²) in [6.45, 7) is 2.12. The second kappa shape index (κ2) is 5.87. The Morgan fingerprint density at radius 3 is 2.61 bits per heavy atom. The summed E-state index contributed by atoms with van der Waals surface area (Å²) in [5.41, 5.74) is 1.25. The van der Waals surface area contributed by atoms with Gasteiger partial charge in [0, 0.05) is 6.04 Å². The van der Waals surface area contributed by atoms with Crippen LogP contribution in [0.15, 0.2) is 24.3 Å². The molecule has 1 amide bonds. The van der Waals surface area contributed by atoms with E-state index in [1.807, 2.05) is 24.3 Å². The third-order valence-corrected chi connectivity index (χ3v) is 3.18. The van der Waals surface area contributed by atoms with E-state index >= 15 is 0 Å². The summed E-state index contributed by atoms with van der Waals surface area (Å²) in [4.78, 5) is 11.5. The lowest BCUT2D eigenvalue weighted by Gasteiger charge is -2.31. The highest BCUT2D eigenvalue weighted by Gasteiger charge is 2.28. The maximum atomic E-state index is 11.5. The van der Waals surface area contributed by atoms with Crippen molar-refractivity contribution >= 4 is 5.91 Å². The van der Waals surface area contributed by atoms with E-state index in [0.29, 0.717) is 18.6 Å². The van der Waals surface area contributed by atoms with Crippen molar-refractivity contribution in [3.05, 3.63) is 29.8 Å². The van der Waals surface area contributed by atoms with E-state index in [-0.39, 0.29) is 24.7 Å². The minimum absolute atomic E-state index is 0.0259. The van der Waals surface area contributed by atoms with Gasteiger partial charge < -0.3 is 15.2 Å². The average Bonchev–Trinajstić information content (AvgIpc) is 2.35. The Morgan fingerprint density at radius 1 is 1.39 bits per heavy atom. The Bertz CT molecular complexity index is 396. The lowest BCUT2D eigenvalue weighted by atomic mass is 9.89. The molecule has 0 aliphatic heterocycles. The number of aliphatic hydroxyl groups is 1. The van der Waals surface area contributed by atoms with Crippen LogP contribution in [0.3, 0.4) is 0 Å². The quantitative estimate of drug-likeness (QED) is 0.826. The molecule has 1 saturated carbocycles. The van der Waals surface area contributed by atoms with Crippen molar-refractivity contribution in [1.29, 1.82) is 0 Å². The van der Waals surface area contributed by atoms with E-state index in [0.717, 1.165) is 6.42 Å². The molecule has 0 bridgehead atoms. The van der Waals surface area contributed by atoms with E-state index in [1.54, 1.807) is 0 Å². The molecule has 0 aromatic heterocycles. The summed E-state index contributed by atoms with van der Waals surface area (Å²) >= 11 is 0. The number of rotatable bonds is 5. The molecule has 1 aliphatic carbocycles. The number of hydrogen-bond donors (Lipinski definition) is 2. The van der Waals surface area contributed by atoms with Crippen LogP contribution >= 0.6 is 0 Å². The Morgan fingerprint density at radius 2 is 2.06 bits per heavy atom. The number of nitrogens with one attached hydrogen (secondary N) is 1. The van der Waals surface area contributed by atoms with Crippen LogP contribution in [0.1, 0.15) is 25.3 Å². The van der Waals surface area contributed by atoms with Crippen molar-refractivity contribution in [3.63, 3.8) is 0 Å². The normalized spacial score (nSPS) is 22.1. The number of aliphatic hydroxyl groups excluding tert-OH is 1. The molecule has 0 spiro atoms. The summed E-state index contributed by atoms with van der Waals surface area (Å²) in [6.07, 6.45) is 2.04. The van der Waals surface area contributed by atoms with Gasteiger partial charge >= 0.3 is 0 Å². The number of ether oxygens (including phenoxy) is 1. The van der Waals surface area contributed by atoms with Crippen LogP contribution in [0.5, 0.6) is 5.75 Å². The van der Waals surface area contributed by atoms with Crippen molar-refractivity contribution in [1.82, 2.24) is 5.32 Å². The Hall–Kier alpha value is -1.55. The molecule has 18 heavy (non-hydrogen) atoms. The van der Waals surface area contributed by atoms with Gasteiger partial charge in [-0.1, -0.05) is 19.1 Å². The van der Waals surface area contributed by atoms with Gasteiger partial charge in [-0.05, 0) is 37.0 Å². The predicted octanol–water partition coefficient (Wildman–Crippen LogP) is 1.27. The summed E-state index contributed by atoms with van der Waals surface area (Å²) in [6, 6.07) is 7.85. The van der Waals surface area contributed by atoms with Crippen LogP contribution in [0, 0.1) is 0 Å². The number of aryl methyl sites for hydroxylation is 1. The van der Waals surface area contributed by atoms with Gasteiger partial charge in [0.2, 0.25) is 0 Å². The fourth-order valence-electron chi connectivity index (χ4n) is 1.95. The molecule has 1 aliphatic rings. The number of hydrogen-bond acceptors (Lipinski definition) is 3. The monoisotopic (exact) mass is 249 g/mol. The molecule has 4 heteroatoms.